The molecule has 130 valence electrons. The fourth-order valence-electron chi connectivity index (χ4n) is 2.01. The fourth-order valence-corrected chi connectivity index (χ4v) is 2.80. The Bertz CT molecular complexity index is 777. The maximum atomic E-state index is 12.0. The Labute approximate surface area is 148 Å². The Morgan fingerprint density at radius 1 is 1.20 bits per heavy atom. The van der Waals surface area contributed by atoms with E-state index >= 15 is 0 Å². The summed E-state index contributed by atoms with van der Waals surface area (Å²) in [6, 6.07) is 12.7. The molecular formula is C17H16N2O5S. The van der Waals surface area contributed by atoms with E-state index in [-0.39, 0.29) is 17.3 Å². The molecule has 0 fully saturated rings. The van der Waals surface area contributed by atoms with Crippen molar-refractivity contribution in [2.75, 3.05) is 18.2 Å². The third-order valence-corrected chi connectivity index (χ3v) is 4.22. The SMILES string of the molecule is COC(=O)c1cccc(NC(=O)CSCc2ccc([N+](=O)[O-])cc2)c1. The lowest BCUT2D eigenvalue weighted by Gasteiger charge is -2.07. The number of nitrogens with zero attached hydrogens (tertiary/aromatic N) is 1. The minimum absolute atomic E-state index is 0.0389. The zero-order valence-corrected chi connectivity index (χ0v) is 14.2. The first-order valence-electron chi connectivity index (χ1n) is 7.29. The van der Waals surface area contributed by atoms with Gasteiger partial charge in [-0.15, -0.1) is 11.8 Å². The van der Waals surface area contributed by atoms with Crippen molar-refractivity contribution in [3.8, 4) is 0 Å². The van der Waals surface area contributed by atoms with E-state index in [1.54, 1.807) is 36.4 Å². The molecule has 1 N–H and O–H groups in total. The van der Waals surface area contributed by atoms with Crippen LogP contribution in [-0.4, -0.2) is 29.7 Å². The minimum atomic E-state index is -0.469. The van der Waals surface area contributed by atoms with Gasteiger partial charge in [0.15, 0.2) is 0 Å². The first-order chi connectivity index (χ1) is 12.0. The lowest BCUT2D eigenvalue weighted by molar-refractivity contribution is -0.384. The van der Waals surface area contributed by atoms with Crippen molar-refractivity contribution in [1.82, 2.24) is 0 Å². The number of hydrogen-bond donors (Lipinski definition) is 1. The zero-order chi connectivity index (χ0) is 18.2. The molecule has 1 amide bonds. The number of nitro benzene ring substituents is 1. The summed E-state index contributed by atoms with van der Waals surface area (Å²) in [4.78, 5) is 33.6. The van der Waals surface area contributed by atoms with Crippen LogP contribution in [0.5, 0.6) is 0 Å². The summed E-state index contributed by atoms with van der Waals surface area (Å²) >= 11 is 1.39. The van der Waals surface area contributed by atoms with Gasteiger partial charge in [-0.05, 0) is 23.8 Å². The van der Waals surface area contributed by atoms with Gasteiger partial charge in [0.25, 0.3) is 5.69 Å². The average molecular weight is 360 g/mol. The number of amides is 1. The van der Waals surface area contributed by atoms with Crippen LogP contribution in [-0.2, 0) is 15.3 Å². The Morgan fingerprint density at radius 2 is 1.92 bits per heavy atom. The summed E-state index contributed by atoms with van der Waals surface area (Å²) in [6.45, 7) is 0. The molecule has 0 radical (unpaired) electrons. The second-order valence-corrected chi connectivity index (χ2v) is 6.02. The van der Waals surface area contributed by atoms with Crippen molar-refractivity contribution in [2.24, 2.45) is 0 Å². The predicted molar refractivity (Wildman–Crippen MR) is 95.7 cm³/mol. The van der Waals surface area contributed by atoms with Crippen LogP contribution in [0.2, 0.25) is 0 Å². The molecule has 25 heavy (non-hydrogen) atoms. The highest BCUT2D eigenvalue weighted by Gasteiger charge is 2.08. The summed E-state index contributed by atoms with van der Waals surface area (Å²) in [6.07, 6.45) is 0. The maximum Gasteiger partial charge on any atom is 0.337 e. The van der Waals surface area contributed by atoms with Crippen molar-refractivity contribution in [3.05, 3.63) is 69.8 Å². The molecule has 0 atom stereocenters. The van der Waals surface area contributed by atoms with Crippen LogP contribution in [0.4, 0.5) is 11.4 Å². The van der Waals surface area contributed by atoms with Gasteiger partial charge < -0.3 is 10.1 Å². The topological polar surface area (TPSA) is 98.5 Å². The number of thioether (sulfide) groups is 1. The molecule has 0 aliphatic heterocycles. The van der Waals surface area contributed by atoms with Crippen LogP contribution in [0.25, 0.3) is 0 Å². The summed E-state index contributed by atoms with van der Waals surface area (Å²) in [5, 5.41) is 13.3. The van der Waals surface area contributed by atoms with Gasteiger partial charge in [0, 0.05) is 23.6 Å². The van der Waals surface area contributed by atoms with Crippen molar-refractivity contribution in [3.63, 3.8) is 0 Å². The molecule has 0 aliphatic carbocycles. The van der Waals surface area contributed by atoms with E-state index in [0.29, 0.717) is 17.0 Å². The van der Waals surface area contributed by atoms with Gasteiger partial charge in [-0.3, -0.25) is 14.9 Å². The summed E-state index contributed by atoms with van der Waals surface area (Å²) in [5.74, 6) is 0.116. The van der Waals surface area contributed by atoms with E-state index in [1.165, 1.54) is 31.0 Å². The molecule has 0 saturated heterocycles. The second-order valence-electron chi connectivity index (χ2n) is 5.04. The van der Waals surface area contributed by atoms with E-state index in [4.69, 9.17) is 0 Å². The number of hydrogen-bond acceptors (Lipinski definition) is 6. The van der Waals surface area contributed by atoms with E-state index in [9.17, 15) is 19.7 Å². The number of benzene rings is 2. The van der Waals surface area contributed by atoms with E-state index in [2.05, 4.69) is 10.1 Å². The number of nitrogens with one attached hydrogen (secondary N) is 1. The predicted octanol–water partition coefficient (Wildman–Crippen LogP) is 3.25. The van der Waals surface area contributed by atoms with Gasteiger partial charge in [0.2, 0.25) is 5.91 Å². The summed E-state index contributed by atoms with van der Waals surface area (Å²) in [7, 11) is 1.29. The van der Waals surface area contributed by atoms with Crippen LogP contribution in [0.1, 0.15) is 15.9 Å². The standard InChI is InChI=1S/C17H16N2O5S/c1-24-17(21)13-3-2-4-14(9-13)18-16(20)11-25-10-12-5-7-15(8-6-12)19(22)23/h2-9H,10-11H2,1H3,(H,18,20). The van der Waals surface area contributed by atoms with Crippen molar-refractivity contribution in [2.45, 2.75) is 5.75 Å². The molecule has 2 aromatic carbocycles. The summed E-state index contributed by atoms with van der Waals surface area (Å²) < 4.78 is 4.64. The van der Waals surface area contributed by atoms with Crippen LogP contribution in [0, 0.1) is 10.1 Å². The Morgan fingerprint density at radius 3 is 2.56 bits per heavy atom. The molecule has 0 saturated carbocycles. The normalized spacial score (nSPS) is 10.1. The van der Waals surface area contributed by atoms with Crippen LogP contribution >= 0.6 is 11.8 Å². The molecule has 0 aromatic heterocycles. The molecule has 2 aromatic rings. The highest BCUT2D eigenvalue weighted by Crippen LogP contribution is 2.17. The van der Waals surface area contributed by atoms with Crippen LogP contribution < -0.4 is 5.32 Å². The van der Waals surface area contributed by atoms with E-state index < -0.39 is 10.9 Å². The largest absolute Gasteiger partial charge is 0.465 e. The number of carbonyl (C=O) groups is 2. The second kappa shape index (κ2) is 8.84. The quantitative estimate of drug-likeness (QED) is 0.462. The molecular weight excluding hydrogens is 344 g/mol. The highest BCUT2D eigenvalue weighted by atomic mass is 32.2. The van der Waals surface area contributed by atoms with E-state index in [0.717, 1.165) is 5.56 Å². The Balaban J connectivity index is 1.82. The average Bonchev–Trinajstić information content (AvgIpc) is 2.61. The Kier molecular flexibility index (Phi) is 6.53. The number of esters is 1. The fraction of sp³-hybridized carbons (Fsp3) is 0.176. The molecule has 0 heterocycles. The third-order valence-electron chi connectivity index (χ3n) is 3.22. The van der Waals surface area contributed by atoms with Crippen LogP contribution in [0.3, 0.4) is 0 Å². The number of non-ortho nitro benzene ring substituents is 1. The van der Waals surface area contributed by atoms with Gasteiger partial charge in [0.1, 0.15) is 0 Å². The number of ether oxygens (including phenoxy) is 1. The minimum Gasteiger partial charge on any atom is -0.465 e. The van der Waals surface area contributed by atoms with Crippen molar-refractivity contribution < 1.29 is 19.2 Å². The molecule has 0 bridgehead atoms. The Hall–Kier alpha value is -2.87. The number of methoxy groups -OCH3 is 1. The highest BCUT2D eigenvalue weighted by molar-refractivity contribution is 7.99. The number of nitro groups is 1. The molecule has 0 spiro atoms. The van der Waals surface area contributed by atoms with Gasteiger partial charge in [-0.2, -0.15) is 0 Å². The molecule has 2 rings (SSSR count). The van der Waals surface area contributed by atoms with E-state index in [1.807, 2.05) is 0 Å². The van der Waals surface area contributed by atoms with Crippen LogP contribution in [0.15, 0.2) is 48.5 Å². The molecule has 0 aliphatic rings. The lowest BCUT2D eigenvalue weighted by atomic mass is 10.2. The number of carbonyl (C=O) groups excluding carboxylic acids is 2. The lowest BCUT2D eigenvalue weighted by Crippen LogP contribution is -2.14. The number of rotatable bonds is 7. The summed E-state index contributed by atoms with van der Waals surface area (Å²) in [5.41, 5.74) is 1.82. The van der Waals surface area contributed by atoms with Gasteiger partial charge in [-0.25, -0.2) is 4.79 Å². The van der Waals surface area contributed by atoms with Crippen molar-refractivity contribution >= 4 is 35.0 Å². The molecule has 7 nitrogen and oxygen atoms in total. The maximum absolute atomic E-state index is 12.0. The van der Waals surface area contributed by atoms with Gasteiger partial charge >= 0.3 is 5.97 Å². The van der Waals surface area contributed by atoms with Gasteiger partial charge in [-0.1, -0.05) is 18.2 Å². The molecule has 8 heteroatoms. The monoisotopic (exact) mass is 360 g/mol. The first-order valence-corrected chi connectivity index (χ1v) is 8.44. The van der Waals surface area contributed by atoms with Crippen molar-refractivity contribution in [1.29, 1.82) is 0 Å². The molecule has 0 unspecified atom stereocenters. The first kappa shape index (κ1) is 18.5. The van der Waals surface area contributed by atoms with Gasteiger partial charge in [0.05, 0.1) is 23.3 Å². The third kappa shape index (κ3) is 5.61. The zero-order valence-electron chi connectivity index (χ0n) is 13.4. The smallest absolute Gasteiger partial charge is 0.337 e. The number of anilines is 1.